The largest absolute Gasteiger partial charge is 0.416 e. The summed E-state index contributed by atoms with van der Waals surface area (Å²) in [5, 5.41) is 13.4. The lowest BCUT2D eigenvalue weighted by atomic mass is 10.0. The molecular weight excluding hydrogens is 333 g/mol. The summed E-state index contributed by atoms with van der Waals surface area (Å²) in [6, 6.07) is 7.77. The molecule has 0 atom stereocenters. The standard InChI is InChI=1S/C17H19F3N4O/c1-3-11(4-2)16(25)22-15-10-9-14(23-24-15)21-13-7-5-12(6-8-13)17(18,19)20/h5-11H,3-4H2,1-2H3,(H,21,23)(H,22,24,25). The van der Waals surface area contributed by atoms with Crippen LogP contribution in [-0.4, -0.2) is 16.1 Å². The zero-order valence-electron chi connectivity index (χ0n) is 13.9. The highest BCUT2D eigenvalue weighted by atomic mass is 19.4. The number of alkyl halides is 3. The molecule has 2 aromatic rings. The Labute approximate surface area is 143 Å². The van der Waals surface area contributed by atoms with Crippen LogP contribution in [0.3, 0.4) is 0 Å². The van der Waals surface area contributed by atoms with Crippen LogP contribution in [0.5, 0.6) is 0 Å². The predicted octanol–water partition coefficient (Wildman–Crippen LogP) is 4.61. The van der Waals surface area contributed by atoms with Crippen molar-refractivity contribution in [1.29, 1.82) is 0 Å². The molecule has 2 N–H and O–H groups in total. The van der Waals surface area contributed by atoms with Gasteiger partial charge in [0, 0.05) is 11.6 Å². The zero-order valence-corrected chi connectivity index (χ0v) is 13.9. The number of benzene rings is 1. The maximum absolute atomic E-state index is 12.5. The first-order valence-electron chi connectivity index (χ1n) is 7.92. The molecule has 134 valence electrons. The summed E-state index contributed by atoms with van der Waals surface area (Å²) < 4.78 is 37.6. The number of halogens is 3. The number of carbonyl (C=O) groups excluding carboxylic acids is 1. The second-order valence-electron chi connectivity index (χ2n) is 5.51. The summed E-state index contributed by atoms with van der Waals surface area (Å²) >= 11 is 0. The number of hydrogen-bond donors (Lipinski definition) is 2. The van der Waals surface area contributed by atoms with Gasteiger partial charge in [0.1, 0.15) is 0 Å². The Morgan fingerprint density at radius 3 is 2.04 bits per heavy atom. The van der Waals surface area contributed by atoms with E-state index in [1.54, 1.807) is 12.1 Å². The van der Waals surface area contributed by atoms with Gasteiger partial charge in [-0.05, 0) is 49.2 Å². The molecule has 1 aromatic heterocycles. The summed E-state index contributed by atoms with van der Waals surface area (Å²) in [7, 11) is 0. The van der Waals surface area contributed by atoms with E-state index in [-0.39, 0.29) is 11.8 Å². The first-order valence-corrected chi connectivity index (χ1v) is 7.92. The SMILES string of the molecule is CCC(CC)C(=O)Nc1ccc(Nc2ccc(C(F)(F)F)cc2)nn1. The fourth-order valence-electron chi connectivity index (χ4n) is 2.24. The van der Waals surface area contributed by atoms with E-state index in [4.69, 9.17) is 0 Å². The number of nitrogens with zero attached hydrogens (tertiary/aromatic N) is 2. The van der Waals surface area contributed by atoms with Crippen molar-refractivity contribution in [3.8, 4) is 0 Å². The highest BCUT2D eigenvalue weighted by molar-refractivity contribution is 5.91. The van der Waals surface area contributed by atoms with Crippen LogP contribution in [0.1, 0.15) is 32.3 Å². The number of anilines is 3. The van der Waals surface area contributed by atoms with Gasteiger partial charge in [0.25, 0.3) is 0 Å². The van der Waals surface area contributed by atoms with Crippen molar-refractivity contribution in [2.24, 2.45) is 5.92 Å². The van der Waals surface area contributed by atoms with Crippen LogP contribution in [0.4, 0.5) is 30.5 Å². The van der Waals surface area contributed by atoms with Gasteiger partial charge in [0.05, 0.1) is 5.56 Å². The van der Waals surface area contributed by atoms with Crippen molar-refractivity contribution >= 4 is 23.2 Å². The van der Waals surface area contributed by atoms with Crippen molar-refractivity contribution < 1.29 is 18.0 Å². The number of rotatable bonds is 6. The van der Waals surface area contributed by atoms with E-state index in [0.29, 0.717) is 17.3 Å². The fraction of sp³-hybridized carbons (Fsp3) is 0.353. The second-order valence-corrected chi connectivity index (χ2v) is 5.51. The van der Waals surface area contributed by atoms with Crippen molar-refractivity contribution in [3.05, 3.63) is 42.0 Å². The van der Waals surface area contributed by atoms with Gasteiger partial charge in [0.2, 0.25) is 5.91 Å². The van der Waals surface area contributed by atoms with E-state index in [1.165, 1.54) is 12.1 Å². The van der Waals surface area contributed by atoms with Gasteiger partial charge in [-0.2, -0.15) is 13.2 Å². The Hall–Kier alpha value is -2.64. The Bertz CT molecular complexity index is 695. The lowest BCUT2D eigenvalue weighted by molar-refractivity contribution is -0.137. The number of aromatic nitrogens is 2. The van der Waals surface area contributed by atoms with E-state index in [2.05, 4.69) is 20.8 Å². The molecule has 8 heteroatoms. The molecule has 0 saturated heterocycles. The maximum Gasteiger partial charge on any atom is 0.416 e. The minimum absolute atomic E-state index is 0.0771. The smallest absolute Gasteiger partial charge is 0.339 e. The second kappa shape index (κ2) is 7.96. The fourth-order valence-corrected chi connectivity index (χ4v) is 2.24. The van der Waals surface area contributed by atoms with Crippen LogP contribution in [0.25, 0.3) is 0 Å². The van der Waals surface area contributed by atoms with Gasteiger partial charge in [-0.1, -0.05) is 13.8 Å². The molecule has 25 heavy (non-hydrogen) atoms. The highest BCUT2D eigenvalue weighted by Crippen LogP contribution is 2.30. The van der Waals surface area contributed by atoms with Gasteiger partial charge in [-0.25, -0.2) is 0 Å². The number of nitrogens with one attached hydrogen (secondary N) is 2. The zero-order chi connectivity index (χ0) is 18.4. The van der Waals surface area contributed by atoms with Crippen molar-refractivity contribution in [3.63, 3.8) is 0 Å². The maximum atomic E-state index is 12.5. The van der Waals surface area contributed by atoms with Crippen LogP contribution < -0.4 is 10.6 Å². The van der Waals surface area contributed by atoms with Crippen LogP contribution in [0.2, 0.25) is 0 Å². The number of carbonyl (C=O) groups is 1. The van der Waals surface area contributed by atoms with Gasteiger partial charge < -0.3 is 10.6 Å². The third-order valence-electron chi connectivity index (χ3n) is 3.76. The minimum Gasteiger partial charge on any atom is -0.339 e. The lowest BCUT2D eigenvalue weighted by Crippen LogP contribution is -2.22. The number of amides is 1. The van der Waals surface area contributed by atoms with E-state index < -0.39 is 11.7 Å². The van der Waals surface area contributed by atoms with E-state index in [1.807, 2.05) is 13.8 Å². The molecule has 0 saturated carbocycles. The molecule has 2 rings (SSSR count). The Kier molecular flexibility index (Phi) is 5.95. The van der Waals surface area contributed by atoms with Crippen LogP contribution in [0.15, 0.2) is 36.4 Å². The quantitative estimate of drug-likeness (QED) is 0.796. The summed E-state index contributed by atoms with van der Waals surface area (Å²) in [6.45, 7) is 3.88. The Balaban J connectivity index is 1.99. The Morgan fingerprint density at radius 1 is 1.00 bits per heavy atom. The molecule has 1 aromatic carbocycles. The summed E-state index contributed by atoms with van der Waals surface area (Å²) in [5.74, 6) is 0.504. The third kappa shape index (κ3) is 5.17. The molecule has 0 aliphatic rings. The third-order valence-corrected chi connectivity index (χ3v) is 3.76. The highest BCUT2D eigenvalue weighted by Gasteiger charge is 2.29. The van der Waals surface area contributed by atoms with E-state index in [0.717, 1.165) is 25.0 Å². The molecule has 0 aliphatic heterocycles. The molecular formula is C17H19F3N4O. The molecule has 0 fully saturated rings. The summed E-state index contributed by atoms with van der Waals surface area (Å²) in [4.78, 5) is 12.0. The van der Waals surface area contributed by atoms with Gasteiger partial charge >= 0.3 is 6.18 Å². The molecule has 0 radical (unpaired) electrons. The molecule has 0 bridgehead atoms. The van der Waals surface area contributed by atoms with Gasteiger partial charge in [-0.3, -0.25) is 4.79 Å². The average Bonchev–Trinajstić information content (AvgIpc) is 2.57. The normalized spacial score (nSPS) is 11.4. The molecule has 0 aliphatic carbocycles. The summed E-state index contributed by atoms with van der Waals surface area (Å²) in [6.07, 6.45) is -2.89. The lowest BCUT2D eigenvalue weighted by Gasteiger charge is -2.12. The molecule has 1 heterocycles. The molecule has 1 amide bonds. The monoisotopic (exact) mass is 352 g/mol. The first kappa shape index (κ1) is 18.7. The van der Waals surface area contributed by atoms with E-state index >= 15 is 0 Å². The van der Waals surface area contributed by atoms with Gasteiger partial charge in [-0.15, -0.1) is 10.2 Å². The van der Waals surface area contributed by atoms with E-state index in [9.17, 15) is 18.0 Å². The minimum atomic E-state index is -4.37. The Morgan fingerprint density at radius 2 is 1.56 bits per heavy atom. The first-order chi connectivity index (χ1) is 11.8. The molecule has 5 nitrogen and oxygen atoms in total. The van der Waals surface area contributed by atoms with Crippen LogP contribution in [0, 0.1) is 5.92 Å². The average molecular weight is 352 g/mol. The topological polar surface area (TPSA) is 66.9 Å². The summed E-state index contributed by atoms with van der Waals surface area (Å²) in [5.41, 5.74) is -0.264. The van der Waals surface area contributed by atoms with Gasteiger partial charge in [0.15, 0.2) is 11.6 Å². The van der Waals surface area contributed by atoms with Crippen molar-refractivity contribution in [2.75, 3.05) is 10.6 Å². The van der Waals surface area contributed by atoms with Crippen molar-refractivity contribution in [2.45, 2.75) is 32.9 Å². The van der Waals surface area contributed by atoms with Crippen molar-refractivity contribution in [1.82, 2.24) is 10.2 Å². The molecule has 0 spiro atoms. The van der Waals surface area contributed by atoms with Crippen LogP contribution >= 0.6 is 0 Å². The number of hydrogen-bond acceptors (Lipinski definition) is 4. The predicted molar refractivity (Wildman–Crippen MR) is 89.5 cm³/mol. The van der Waals surface area contributed by atoms with Crippen LogP contribution in [-0.2, 0) is 11.0 Å². The molecule has 0 unspecified atom stereocenters.